The monoisotopic (exact) mass is 326 g/mol. The molecule has 0 radical (unpaired) electrons. The number of ether oxygens (including phenoxy) is 1. The first-order chi connectivity index (χ1) is 11.6. The van der Waals surface area contributed by atoms with Gasteiger partial charge in [0, 0.05) is 12.2 Å². The molecule has 4 nitrogen and oxygen atoms in total. The fourth-order valence-corrected chi connectivity index (χ4v) is 2.65. The lowest BCUT2D eigenvalue weighted by Crippen LogP contribution is -2.31. The summed E-state index contributed by atoms with van der Waals surface area (Å²) in [6.07, 6.45) is 0.748. The highest BCUT2D eigenvalue weighted by molar-refractivity contribution is 5.81. The zero-order valence-electron chi connectivity index (χ0n) is 14.6. The van der Waals surface area contributed by atoms with E-state index in [4.69, 9.17) is 4.74 Å². The third kappa shape index (κ3) is 5.01. The largest absolute Gasteiger partial charge is 0.496 e. The Kier molecular flexibility index (Phi) is 6.67. The van der Waals surface area contributed by atoms with Gasteiger partial charge in [-0.15, -0.1) is 0 Å². The Balaban J connectivity index is 1.80. The lowest BCUT2D eigenvalue weighted by atomic mass is 10.0. The van der Waals surface area contributed by atoms with Crippen molar-refractivity contribution < 1.29 is 9.53 Å². The van der Waals surface area contributed by atoms with Crippen molar-refractivity contribution in [1.82, 2.24) is 5.32 Å². The van der Waals surface area contributed by atoms with E-state index >= 15 is 0 Å². The summed E-state index contributed by atoms with van der Waals surface area (Å²) in [4.78, 5) is 12.0. The van der Waals surface area contributed by atoms with Crippen LogP contribution in [0.2, 0.25) is 0 Å². The molecule has 0 aliphatic rings. The second kappa shape index (κ2) is 8.96. The van der Waals surface area contributed by atoms with Crippen LogP contribution in [0.3, 0.4) is 0 Å². The molecule has 0 saturated carbocycles. The molecule has 4 heteroatoms. The van der Waals surface area contributed by atoms with Crippen molar-refractivity contribution in [2.45, 2.75) is 26.2 Å². The van der Waals surface area contributed by atoms with E-state index in [1.165, 1.54) is 5.56 Å². The molecular weight excluding hydrogens is 300 g/mol. The Hall–Kier alpha value is -2.49. The summed E-state index contributed by atoms with van der Waals surface area (Å²) in [7, 11) is 1.66. The van der Waals surface area contributed by atoms with Crippen molar-refractivity contribution in [3.8, 4) is 5.75 Å². The predicted octanol–water partition coefficient (Wildman–Crippen LogP) is 3.59. The van der Waals surface area contributed by atoms with Crippen molar-refractivity contribution in [3.63, 3.8) is 0 Å². The average Bonchev–Trinajstić information content (AvgIpc) is 2.60. The van der Waals surface area contributed by atoms with E-state index in [9.17, 15) is 4.79 Å². The topological polar surface area (TPSA) is 50.4 Å². The van der Waals surface area contributed by atoms with Gasteiger partial charge in [0.2, 0.25) is 5.91 Å². The highest BCUT2D eigenvalue weighted by atomic mass is 16.5. The summed E-state index contributed by atoms with van der Waals surface area (Å²) in [5.41, 5.74) is 3.34. The molecule has 0 unspecified atom stereocenters. The second-order valence-electron chi connectivity index (χ2n) is 6.01. The summed E-state index contributed by atoms with van der Waals surface area (Å²) >= 11 is 0. The molecule has 0 heterocycles. The van der Waals surface area contributed by atoms with Crippen LogP contribution in [0.4, 0.5) is 5.69 Å². The smallest absolute Gasteiger partial charge is 0.239 e. The molecule has 24 heavy (non-hydrogen) atoms. The van der Waals surface area contributed by atoms with Gasteiger partial charge in [-0.2, -0.15) is 0 Å². The maximum atomic E-state index is 12.0. The minimum atomic E-state index is -0.0107. The van der Waals surface area contributed by atoms with Crippen molar-refractivity contribution in [1.29, 1.82) is 0 Å². The molecule has 0 aliphatic heterocycles. The molecule has 0 spiro atoms. The van der Waals surface area contributed by atoms with Crippen LogP contribution in [0.5, 0.6) is 5.75 Å². The molecule has 0 fully saturated rings. The number of hydrogen-bond acceptors (Lipinski definition) is 3. The zero-order chi connectivity index (χ0) is 17.4. The first-order valence-corrected chi connectivity index (χ1v) is 8.33. The van der Waals surface area contributed by atoms with Gasteiger partial charge in [-0.1, -0.05) is 50.2 Å². The van der Waals surface area contributed by atoms with E-state index in [-0.39, 0.29) is 12.5 Å². The number of para-hydroxylation sites is 2. The van der Waals surface area contributed by atoms with Crippen molar-refractivity contribution in [2.75, 3.05) is 25.5 Å². The van der Waals surface area contributed by atoms with E-state index in [1.54, 1.807) is 7.11 Å². The maximum absolute atomic E-state index is 12.0. The van der Waals surface area contributed by atoms with Crippen LogP contribution in [0.15, 0.2) is 48.5 Å². The molecule has 0 aliphatic carbocycles. The van der Waals surface area contributed by atoms with Crippen LogP contribution in [-0.2, 0) is 11.2 Å². The van der Waals surface area contributed by atoms with Gasteiger partial charge in [-0.05, 0) is 35.6 Å². The number of anilines is 1. The van der Waals surface area contributed by atoms with E-state index in [0.717, 1.165) is 23.4 Å². The van der Waals surface area contributed by atoms with Crippen LogP contribution in [0, 0.1) is 0 Å². The summed E-state index contributed by atoms with van der Waals surface area (Å²) in [5, 5.41) is 6.17. The van der Waals surface area contributed by atoms with E-state index in [0.29, 0.717) is 12.5 Å². The second-order valence-corrected chi connectivity index (χ2v) is 6.01. The Morgan fingerprint density at radius 1 is 1.08 bits per heavy atom. The Morgan fingerprint density at radius 2 is 1.79 bits per heavy atom. The summed E-state index contributed by atoms with van der Waals surface area (Å²) in [5.74, 6) is 1.27. The van der Waals surface area contributed by atoms with Gasteiger partial charge in [0.25, 0.3) is 0 Å². The van der Waals surface area contributed by atoms with Gasteiger partial charge >= 0.3 is 0 Å². The van der Waals surface area contributed by atoms with Crippen molar-refractivity contribution >= 4 is 11.6 Å². The zero-order valence-corrected chi connectivity index (χ0v) is 14.6. The standard InChI is InChI=1S/C20H26N2O2/c1-15(2)17-9-5-6-10-18(17)22-14-20(23)21-13-12-16-8-4-7-11-19(16)24-3/h4-11,15,22H,12-14H2,1-3H3,(H,21,23). The Bertz CT molecular complexity index is 668. The number of rotatable bonds is 8. The van der Waals surface area contributed by atoms with Crippen molar-refractivity contribution in [2.24, 2.45) is 0 Å². The average molecular weight is 326 g/mol. The third-order valence-electron chi connectivity index (χ3n) is 3.93. The summed E-state index contributed by atoms with van der Waals surface area (Å²) < 4.78 is 5.32. The molecule has 0 saturated heterocycles. The van der Waals surface area contributed by atoms with Crippen molar-refractivity contribution in [3.05, 3.63) is 59.7 Å². The fraction of sp³-hybridized carbons (Fsp3) is 0.350. The van der Waals surface area contributed by atoms with Crippen LogP contribution in [-0.4, -0.2) is 26.1 Å². The minimum Gasteiger partial charge on any atom is -0.496 e. The lowest BCUT2D eigenvalue weighted by molar-refractivity contribution is -0.119. The first kappa shape index (κ1) is 17.9. The SMILES string of the molecule is COc1ccccc1CCNC(=O)CNc1ccccc1C(C)C. The molecule has 2 N–H and O–H groups in total. The number of hydrogen-bond donors (Lipinski definition) is 2. The molecule has 128 valence electrons. The van der Waals surface area contributed by atoms with Gasteiger partial charge in [0.05, 0.1) is 13.7 Å². The predicted molar refractivity (Wildman–Crippen MR) is 98.7 cm³/mol. The summed E-state index contributed by atoms with van der Waals surface area (Å²) in [6.45, 7) is 5.16. The van der Waals surface area contributed by atoms with Crippen LogP contribution in [0.1, 0.15) is 30.9 Å². The molecule has 0 aromatic heterocycles. The minimum absolute atomic E-state index is 0.0107. The number of amides is 1. The van der Waals surface area contributed by atoms with Crippen LogP contribution < -0.4 is 15.4 Å². The highest BCUT2D eigenvalue weighted by Crippen LogP contribution is 2.23. The number of benzene rings is 2. The van der Waals surface area contributed by atoms with Crippen LogP contribution in [0.25, 0.3) is 0 Å². The van der Waals surface area contributed by atoms with E-state index in [1.807, 2.05) is 42.5 Å². The number of carbonyl (C=O) groups is 1. The number of nitrogens with one attached hydrogen (secondary N) is 2. The van der Waals surface area contributed by atoms with Gasteiger partial charge in [0.1, 0.15) is 5.75 Å². The third-order valence-corrected chi connectivity index (χ3v) is 3.93. The molecular formula is C20H26N2O2. The maximum Gasteiger partial charge on any atom is 0.239 e. The number of methoxy groups -OCH3 is 1. The van der Waals surface area contributed by atoms with Gasteiger partial charge < -0.3 is 15.4 Å². The molecule has 2 aromatic rings. The van der Waals surface area contributed by atoms with Crippen LogP contribution >= 0.6 is 0 Å². The molecule has 2 rings (SSSR count). The summed E-state index contributed by atoms with van der Waals surface area (Å²) in [6, 6.07) is 16.0. The van der Waals surface area contributed by atoms with Gasteiger partial charge in [-0.3, -0.25) is 4.79 Å². The quantitative estimate of drug-likeness (QED) is 0.779. The van der Waals surface area contributed by atoms with Gasteiger partial charge in [-0.25, -0.2) is 0 Å². The molecule has 1 amide bonds. The molecule has 0 bridgehead atoms. The Morgan fingerprint density at radius 3 is 2.54 bits per heavy atom. The van der Waals surface area contributed by atoms with E-state index in [2.05, 4.69) is 30.5 Å². The normalized spacial score (nSPS) is 10.5. The number of carbonyl (C=O) groups excluding carboxylic acids is 1. The van der Waals surface area contributed by atoms with Gasteiger partial charge in [0.15, 0.2) is 0 Å². The fourth-order valence-electron chi connectivity index (χ4n) is 2.65. The van der Waals surface area contributed by atoms with E-state index < -0.39 is 0 Å². The first-order valence-electron chi connectivity index (χ1n) is 8.33. The lowest BCUT2D eigenvalue weighted by Gasteiger charge is -2.14. The molecule has 2 aromatic carbocycles. The highest BCUT2D eigenvalue weighted by Gasteiger charge is 2.08. The Labute approximate surface area is 144 Å². The molecule has 0 atom stereocenters.